The molecule has 2 rings (SSSR count). The lowest BCUT2D eigenvalue weighted by atomic mass is 10.1. The third-order valence-electron chi connectivity index (χ3n) is 3.40. The first-order chi connectivity index (χ1) is 9.45. The lowest BCUT2D eigenvalue weighted by Crippen LogP contribution is -2.57. The fourth-order valence-electron chi connectivity index (χ4n) is 2.37. The van der Waals surface area contributed by atoms with Crippen LogP contribution in [0.1, 0.15) is 23.8 Å². The van der Waals surface area contributed by atoms with Crippen LogP contribution < -0.4 is 5.32 Å². The summed E-state index contributed by atoms with van der Waals surface area (Å²) < 4.78 is 1.42. The summed E-state index contributed by atoms with van der Waals surface area (Å²) in [7, 11) is 1.57. The Labute approximate surface area is 115 Å². The third-order valence-corrected chi connectivity index (χ3v) is 3.40. The highest BCUT2D eigenvalue weighted by molar-refractivity contribution is 5.97. The smallest absolute Gasteiger partial charge is 0.287 e. The Morgan fingerprint density at radius 1 is 1.60 bits per heavy atom. The number of rotatable bonds is 3. The van der Waals surface area contributed by atoms with Gasteiger partial charge in [-0.05, 0) is 6.42 Å². The molecule has 0 aliphatic carbocycles. The Morgan fingerprint density at radius 3 is 2.85 bits per heavy atom. The van der Waals surface area contributed by atoms with Gasteiger partial charge in [-0.25, -0.2) is 0 Å². The molecule has 1 unspecified atom stereocenters. The van der Waals surface area contributed by atoms with E-state index >= 15 is 0 Å². The van der Waals surface area contributed by atoms with Crippen LogP contribution in [0.3, 0.4) is 0 Å². The Kier molecular flexibility index (Phi) is 3.73. The molecular formula is C12H16N4O4. The van der Waals surface area contributed by atoms with Crippen LogP contribution in [0.25, 0.3) is 0 Å². The average Bonchev–Trinajstić information content (AvgIpc) is 2.80. The van der Waals surface area contributed by atoms with Crippen LogP contribution in [-0.4, -0.2) is 45.3 Å². The number of carbonyl (C=O) groups excluding carboxylic acids is 2. The fraction of sp³-hybridized carbons (Fsp3) is 0.500. The van der Waals surface area contributed by atoms with Gasteiger partial charge in [-0.15, -0.1) is 0 Å². The Hall–Kier alpha value is -2.38. The van der Waals surface area contributed by atoms with E-state index in [-0.39, 0.29) is 23.2 Å². The molecule has 1 aliphatic rings. The molecular weight excluding hydrogens is 264 g/mol. The molecule has 1 aromatic rings. The predicted octanol–water partition coefficient (Wildman–Crippen LogP) is 0.284. The molecule has 1 aromatic heterocycles. The van der Waals surface area contributed by atoms with Crippen LogP contribution in [-0.2, 0) is 11.8 Å². The number of nitrogens with zero attached hydrogens (tertiary/aromatic N) is 3. The lowest BCUT2D eigenvalue weighted by molar-refractivity contribution is -0.384. The van der Waals surface area contributed by atoms with E-state index in [0.717, 1.165) is 0 Å². The van der Waals surface area contributed by atoms with Crippen LogP contribution in [0.2, 0.25) is 0 Å². The van der Waals surface area contributed by atoms with E-state index < -0.39 is 11.0 Å². The molecule has 20 heavy (non-hydrogen) atoms. The molecule has 0 saturated carbocycles. The van der Waals surface area contributed by atoms with Crippen LogP contribution in [0.4, 0.5) is 5.69 Å². The van der Waals surface area contributed by atoms with E-state index in [1.165, 1.54) is 21.7 Å². The molecule has 1 aliphatic heterocycles. The Morgan fingerprint density at radius 2 is 2.30 bits per heavy atom. The molecule has 1 fully saturated rings. The van der Waals surface area contributed by atoms with E-state index in [4.69, 9.17) is 0 Å². The average molecular weight is 280 g/mol. The summed E-state index contributed by atoms with van der Waals surface area (Å²) in [5.74, 6) is -0.543. The number of piperazine rings is 1. The van der Waals surface area contributed by atoms with Crippen molar-refractivity contribution in [1.29, 1.82) is 0 Å². The van der Waals surface area contributed by atoms with Crippen molar-refractivity contribution in [3.05, 3.63) is 28.1 Å². The number of nitrogens with one attached hydrogen (secondary N) is 1. The second-order valence-electron chi connectivity index (χ2n) is 4.67. The van der Waals surface area contributed by atoms with Crippen molar-refractivity contribution < 1.29 is 14.5 Å². The molecule has 2 amide bonds. The zero-order chi connectivity index (χ0) is 14.9. The van der Waals surface area contributed by atoms with E-state index in [1.54, 1.807) is 7.05 Å². The van der Waals surface area contributed by atoms with Crippen molar-refractivity contribution in [2.24, 2.45) is 7.05 Å². The quantitative estimate of drug-likeness (QED) is 0.635. The van der Waals surface area contributed by atoms with E-state index in [1.807, 2.05) is 6.92 Å². The van der Waals surface area contributed by atoms with Gasteiger partial charge >= 0.3 is 0 Å². The number of amides is 2. The first-order valence-corrected chi connectivity index (χ1v) is 6.35. The molecule has 0 spiro atoms. The highest BCUT2D eigenvalue weighted by Crippen LogP contribution is 2.19. The summed E-state index contributed by atoms with van der Waals surface area (Å²) in [6.45, 7) is 2.62. The molecule has 1 atom stereocenters. The summed E-state index contributed by atoms with van der Waals surface area (Å²) in [6.07, 6.45) is 1.79. The summed E-state index contributed by atoms with van der Waals surface area (Å²) in [6, 6.07) is 0.715. The maximum absolute atomic E-state index is 12.5. The fourth-order valence-corrected chi connectivity index (χ4v) is 2.37. The second-order valence-corrected chi connectivity index (χ2v) is 4.67. The zero-order valence-electron chi connectivity index (χ0n) is 11.3. The number of hydrogen-bond donors (Lipinski definition) is 1. The van der Waals surface area contributed by atoms with Gasteiger partial charge in [0.2, 0.25) is 5.91 Å². The minimum Gasteiger partial charge on any atom is -0.353 e. The van der Waals surface area contributed by atoms with Gasteiger partial charge in [0.15, 0.2) is 0 Å². The van der Waals surface area contributed by atoms with Crippen LogP contribution in [0, 0.1) is 10.1 Å². The lowest BCUT2D eigenvalue weighted by Gasteiger charge is -2.34. The first-order valence-electron chi connectivity index (χ1n) is 6.35. The van der Waals surface area contributed by atoms with Crippen molar-refractivity contribution in [2.45, 2.75) is 19.4 Å². The molecule has 2 heterocycles. The highest BCUT2D eigenvalue weighted by Gasteiger charge is 2.33. The van der Waals surface area contributed by atoms with Gasteiger partial charge in [-0.2, -0.15) is 0 Å². The van der Waals surface area contributed by atoms with Gasteiger partial charge in [-0.1, -0.05) is 6.92 Å². The zero-order valence-corrected chi connectivity index (χ0v) is 11.3. The second kappa shape index (κ2) is 5.32. The number of hydrogen-bond acceptors (Lipinski definition) is 4. The number of carbonyl (C=O) groups is 2. The first kappa shape index (κ1) is 14.0. The molecule has 0 radical (unpaired) electrons. The molecule has 0 bridgehead atoms. The van der Waals surface area contributed by atoms with Crippen molar-refractivity contribution in [3.8, 4) is 0 Å². The maximum atomic E-state index is 12.5. The van der Waals surface area contributed by atoms with Crippen LogP contribution in [0.5, 0.6) is 0 Å². The standard InChI is InChI=1S/C12H16N4O4/c1-3-9-11(17)13-4-5-15(9)12(18)10-6-8(16(19)20)7-14(10)2/h6-7,9H,3-5H2,1-2H3,(H,13,17). The van der Waals surface area contributed by atoms with Crippen LogP contribution in [0.15, 0.2) is 12.3 Å². The monoisotopic (exact) mass is 280 g/mol. The summed E-state index contributed by atoms with van der Waals surface area (Å²) >= 11 is 0. The number of aryl methyl sites for hydroxylation is 1. The van der Waals surface area contributed by atoms with Crippen LogP contribution >= 0.6 is 0 Å². The maximum Gasteiger partial charge on any atom is 0.287 e. The summed E-state index contributed by atoms with van der Waals surface area (Å²) in [5.41, 5.74) is 0.0789. The predicted molar refractivity (Wildman–Crippen MR) is 70.2 cm³/mol. The molecule has 0 aromatic carbocycles. The van der Waals surface area contributed by atoms with Gasteiger partial charge in [-0.3, -0.25) is 19.7 Å². The van der Waals surface area contributed by atoms with E-state index in [9.17, 15) is 19.7 Å². The summed E-state index contributed by atoms with van der Waals surface area (Å²) in [4.78, 5) is 35.9. The summed E-state index contributed by atoms with van der Waals surface area (Å²) in [5, 5.41) is 13.5. The number of aromatic nitrogens is 1. The Bertz CT molecular complexity index is 566. The minimum absolute atomic E-state index is 0.134. The van der Waals surface area contributed by atoms with Gasteiger partial charge in [0.25, 0.3) is 11.6 Å². The molecule has 8 heteroatoms. The topological polar surface area (TPSA) is 97.5 Å². The highest BCUT2D eigenvalue weighted by atomic mass is 16.6. The minimum atomic E-state index is -0.545. The van der Waals surface area contributed by atoms with Crippen molar-refractivity contribution in [3.63, 3.8) is 0 Å². The van der Waals surface area contributed by atoms with Crippen molar-refractivity contribution >= 4 is 17.5 Å². The van der Waals surface area contributed by atoms with Gasteiger partial charge < -0.3 is 14.8 Å². The normalized spacial score (nSPS) is 18.8. The molecule has 1 saturated heterocycles. The third kappa shape index (κ3) is 2.36. The van der Waals surface area contributed by atoms with Gasteiger partial charge in [0, 0.05) is 26.2 Å². The van der Waals surface area contributed by atoms with Crippen molar-refractivity contribution in [2.75, 3.05) is 13.1 Å². The molecule has 1 N–H and O–H groups in total. The number of nitro groups is 1. The molecule has 108 valence electrons. The molecule has 8 nitrogen and oxygen atoms in total. The van der Waals surface area contributed by atoms with E-state index in [0.29, 0.717) is 19.5 Å². The van der Waals surface area contributed by atoms with Crippen molar-refractivity contribution in [1.82, 2.24) is 14.8 Å². The Balaban J connectivity index is 2.30. The van der Waals surface area contributed by atoms with Gasteiger partial charge in [0.1, 0.15) is 11.7 Å². The largest absolute Gasteiger partial charge is 0.353 e. The van der Waals surface area contributed by atoms with E-state index in [2.05, 4.69) is 5.32 Å². The van der Waals surface area contributed by atoms with Gasteiger partial charge in [0.05, 0.1) is 11.1 Å². The SMILES string of the molecule is CCC1C(=O)NCCN1C(=O)c1cc([N+](=O)[O-])cn1C.